The van der Waals surface area contributed by atoms with E-state index in [9.17, 15) is 15.0 Å². The fourth-order valence-corrected chi connectivity index (χ4v) is 3.82. The molecule has 0 spiro atoms. The largest absolute Gasteiger partial charge is 0.490 e. The molecule has 2 aliphatic heterocycles. The topological polar surface area (TPSA) is 82.5 Å². The van der Waals surface area contributed by atoms with Crippen LogP contribution < -0.4 is 4.74 Å². The van der Waals surface area contributed by atoms with Crippen LogP contribution in [-0.4, -0.2) is 59.5 Å². The number of para-hydroxylation sites is 1. The number of aliphatic hydroxyl groups is 1. The number of hydrogen-bond acceptors (Lipinski definition) is 5. The van der Waals surface area contributed by atoms with Crippen LogP contribution in [0.5, 0.6) is 5.75 Å². The van der Waals surface area contributed by atoms with Gasteiger partial charge in [-0.2, -0.15) is 0 Å². The van der Waals surface area contributed by atoms with Crippen molar-refractivity contribution in [1.82, 2.24) is 4.90 Å². The number of carboxylic acid groups (broad SMARTS) is 1. The maximum atomic E-state index is 11.2. The number of aromatic carboxylic acids is 1. The molecule has 0 unspecified atom stereocenters. The van der Waals surface area contributed by atoms with E-state index in [1.165, 1.54) is 6.07 Å². The number of hydrogen-bond donors (Lipinski definition) is 2. The van der Waals surface area contributed by atoms with Gasteiger partial charge in [-0.3, -0.25) is 0 Å². The lowest BCUT2D eigenvalue weighted by molar-refractivity contribution is -0.0269. The Labute approximate surface area is 164 Å². The average Bonchev–Trinajstić information content (AvgIpc) is 3.47. The molecule has 28 heavy (non-hydrogen) atoms. The number of piperidine rings is 1. The summed E-state index contributed by atoms with van der Waals surface area (Å²) in [5.41, 5.74) is 0.405. The maximum absolute atomic E-state index is 11.2. The van der Waals surface area contributed by atoms with Gasteiger partial charge in [-0.25, -0.2) is 4.79 Å². The van der Waals surface area contributed by atoms with E-state index in [-0.39, 0.29) is 17.8 Å². The summed E-state index contributed by atoms with van der Waals surface area (Å²) in [6.07, 6.45) is 1.49. The molecule has 2 saturated heterocycles. The molecule has 148 valence electrons. The number of epoxide rings is 1. The summed E-state index contributed by atoms with van der Waals surface area (Å²) >= 11 is 0. The molecule has 0 bridgehead atoms. The van der Waals surface area contributed by atoms with E-state index in [1.54, 1.807) is 18.2 Å². The number of rotatable bonds is 7. The van der Waals surface area contributed by atoms with Gasteiger partial charge in [0.1, 0.15) is 30.1 Å². The fourth-order valence-electron chi connectivity index (χ4n) is 3.82. The summed E-state index contributed by atoms with van der Waals surface area (Å²) in [6, 6.07) is 16.5. The normalized spacial score (nSPS) is 23.9. The van der Waals surface area contributed by atoms with Crippen LogP contribution >= 0.6 is 0 Å². The van der Waals surface area contributed by atoms with Gasteiger partial charge in [-0.1, -0.05) is 42.5 Å². The van der Waals surface area contributed by atoms with Crippen molar-refractivity contribution in [1.29, 1.82) is 0 Å². The zero-order valence-electron chi connectivity index (χ0n) is 15.7. The van der Waals surface area contributed by atoms with Gasteiger partial charge in [-0.15, -0.1) is 0 Å². The van der Waals surface area contributed by atoms with Gasteiger partial charge in [0, 0.05) is 19.6 Å². The van der Waals surface area contributed by atoms with Gasteiger partial charge >= 0.3 is 5.97 Å². The summed E-state index contributed by atoms with van der Waals surface area (Å²) in [7, 11) is 0. The van der Waals surface area contributed by atoms with Crippen LogP contribution in [0.2, 0.25) is 0 Å². The summed E-state index contributed by atoms with van der Waals surface area (Å²) in [6.45, 7) is 2.79. The maximum Gasteiger partial charge on any atom is 0.339 e. The molecule has 2 heterocycles. The molecule has 2 fully saturated rings. The second kappa shape index (κ2) is 7.91. The quantitative estimate of drug-likeness (QED) is 0.715. The van der Waals surface area contributed by atoms with Crippen molar-refractivity contribution in [2.75, 3.05) is 26.2 Å². The van der Waals surface area contributed by atoms with Crippen LogP contribution in [0.25, 0.3) is 0 Å². The van der Waals surface area contributed by atoms with Crippen LogP contribution in [-0.2, 0) is 10.3 Å². The van der Waals surface area contributed by atoms with E-state index >= 15 is 0 Å². The first kappa shape index (κ1) is 18.9. The van der Waals surface area contributed by atoms with Gasteiger partial charge in [0.2, 0.25) is 0 Å². The molecule has 2 N–H and O–H groups in total. The highest BCUT2D eigenvalue weighted by atomic mass is 16.6. The van der Waals surface area contributed by atoms with Crippen LogP contribution in [0.4, 0.5) is 0 Å². The Bertz CT molecular complexity index is 817. The lowest BCUT2D eigenvalue weighted by atomic mass is 9.84. The SMILES string of the molecule is O=C(O)c1ccccc1OC[C@@H]1O[C@@H]1CN1CCC(O)(c2ccccc2)CC1. The minimum Gasteiger partial charge on any atom is -0.490 e. The highest BCUT2D eigenvalue weighted by molar-refractivity contribution is 5.90. The Morgan fingerprint density at radius 3 is 2.46 bits per heavy atom. The Balaban J connectivity index is 1.23. The third-order valence-electron chi connectivity index (χ3n) is 5.64. The molecule has 0 aliphatic carbocycles. The molecule has 0 amide bonds. The standard InChI is InChI=1S/C22H25NO5/c24-21(25)17-8-4-5-9-18(17)27-15-20-19(28-20)14-23-12-10-22(26,11-13-23)16-6-2-1-3-7-16/h1-9,19-20,26H,10-15H2,(H,24,25)/t19-,20+/m1/s1. The van der Waals surface area contributed by atoms with Gasteiger partial charge in [0.15, 0.2) is 0 Å². The van der Waals surface area contributed by atoms with Crippen molar-refractivity contribution in [3.8, 4) is 5.75 Å². The molecule has 2 aliphatic rings. The Kier molecular flexibility index (Phi) is 5.35. The van der Waals surface area contributed by atoms with E-state index in [2.05, 4.69) is 4.90 Å². The minimum atomic E-state index is -0.997. The second-order valence-corrected chi connectivity index (χ2v) is 7.52. The van der Waals surface area contributed by atoms with Gasteiger partial charge in [0.25, 0.3) is 0 Å². The molecule has 4 rings (SSSR count). The molecular weight excluding hydrogens is 358 g/mol. The van der Waals surface area contributed by atoms with Crippen molar-refractivity contribution >= 4 is 5.97 Å². The zero-order valence-corrected chi connectivity index (χ0v) is 15.7. The molecule has 6 nitrogen and oxygen atoms in total. The smallest absolute Gasteiger partial charge is 0.339 e. The molecule has 6 heteroatoms. The summed E-state index contributed by atoms with van der Waals surface area (Å²) in [5, 5.41) is 20.1. The Morgan fingerprint density at radius 1 is 1.07 bits per heavy atom. The monoisotopic (exact) mass is 383 g/mol. The molecule has 2 atom stereocenters. The lowest BCUT2D eigenvalue weighted by Gasteiger charge is -2.38. The van der Waals surface area contributed by atoms with Gasteiger partial charge < -0.3 is 24.6 Å². The molecule has 0 aromatic heterocycles. The second-order valence-electron chi connectivity index (χ2n) is 7.52. The summed E-state index contributed by atoms with van der Waals surface area (Å²) in [4.78, 5) is 13.5. The van der Waals surface area contributed by atoms with Crippen molar-refractivity contribution in [3.63, 3.8) is 0 Å². The number of carboxylic acids is 1. The van der Waals surface area contributed by atoms with E-state index < -0.39 is 11.6 Å². The summed E-state index contributed by atoms with van der Waals surface area (Å²) in [5.74, 6) is -0.627. The number of ether oxygens (including phenoxy) is 2. The van der Waals surface area contributed by atoms with Crippen LogP contribution in [0.15, 0.2) is 54.6 Å². The summed E-state index contributed by atoms with van der Waals surface area (Å²) < 4.78 is 11.4. The first-order valence-electron chi connectivity index (χ1n) is 9.66. The third kappa shape index (κ3) is 4.19. The van der Waals surface area contributed by atoms with Crippen LogP contribution in [0.1, 0.15) is 28.8 Å². The number of benzene rings is 2. The van der Waals surface area contributed by atoms with Gasteiger partial charge in [-0.05, 0) is 30.5 Å². The van der Waals surface area contributed by atoms with Crippen molar-refractivity contribution in [3.05, 3.63) is 65.7 Å². The molecule has 0 radical (unpaired) electrons. The van der Waals surface area contributed by atoms with Gasteiger partial charge in [0.05, 0.1) is 5.60 Å². The lowest BCUT2D eigenvalue weighted by Crippen LogP contribution is -2.44. The minimum absolute atomic E-state index is 0.0169. The predicted octanol–water partition coefficient (Wildman–Crippen LogP) is 2.51. The first-order valence-corrected chi connectivity index (χ1v) is 9.66. The van der Waals surface area contributed by atoms with Crippen molar-refractivity contribution < 1.29 is 24.5 Å². The van der Waals surface area contributed by atoms with E-state index in [0.717, 1.165) is 25.2 Å². The fraction of sp³-hybridized carbons (Fsp3) is 0.409. The van der Waals surface area contributed by atoms with E-state index in [0.29, 0.717) is 25.2 Å². The molecular formula is C22H25NO5. The van der Waals surface area contributed by atoms with Crippen molar-refractivity contribution in [2.24, 2.45) is 0 Å². The number of likely N-dealkylation sites (tertiary alicyclic amines) is 1. The molecule has 2 aromatic carbocycles. The average molecular weight is 383 g/mol. The number of carbonyl (C=O) groups is 1. The molecule has 0 saturated carbocycles. The molecule has 2 aromatic rings. The number of nitrogens with zero attached hydrogens (tertiary/aromatic N) is 1. The van der Waals surface area contributed by atoms with Crippen molar-refractivity contribution in [2.45, 2.75) is 30.7 Å². The Hall–Kier alpha value is -2.41. The van der Waals surface area contributed by atoms with Crippen LogP contribution in [0.3, 0.4) is 0 Å². The zero-order chi connectivity index (χ0) is 19.6. The van der Waals surface area contributed by atoms with E-state index in [4.69, 9.17) is 9.47 Å². The Morgan fingerprint density at radius 2 is 1.75 bits per heavy atom. The highest BCUT2D eigenvalue weighted by Crippen LogP contribution is 2.34. The third-order valence-corrected chi connectivity index (χ3v) is 5.64. The highest BCUT2D eigenvalue weighted by Gasteiger charge is 2.42. The first-order chi connectivity index (χ1) is 13.5. The van der Waals surface area contributed by atoms with E-state index in [1.807, 2.05) is 30.3 Å². The predicted molar refractivity (Wildman–Crippen MR) is 104 cm³/mol. The van der Waals surface area contributed by atoms with Crippen LogP contribution in [0, 0.1) is 0 Å².